The van der Waals surface area contributed by atoms with Gasteiger partial charge >= 0.3 is 0 Å². The van der Waals surface area contributed by atoms with Gasteiger partial charge in [0.15, 0.2) is 0 Å². The van der Waals surface area contributed by atoms with Crippen molar-refractivity contribution in [3.8, 4) is 6.07 Å². The first-order valence-corrected chi connectivity index (χ1v) is 9.71. The van der Waals surface area contributed by atoms with Gasteiger partial charge in [-0.25, -0.2) is 4.68 Å². The van der Waals surface area contributed by atoms with Crippen molar-refractivity contribution in [3.05, 3.63) is 35.5 Å². The summed E-state index contributed by atoms with van der Waals surface area (Å²) in [7, 11) is 0. The first-order chi connectivity index (χ1) is 12.8. The number of piperidine rings is 1. The van der Waals surface area contributed by atoms with Gasteiger partial charge in [-0.2, -0.15) is 10.4 Å². The van der Waals surface area contributed by atoms with Crippen LogP contribution in [-0.4, -0.2) is 29.5 Å². The number of rotatable bonds is 5. The molecule has 0 saturated carbocycles. The van der Waals surface area contributed by atoms with E-state index in [2.05, 4.69) is 18.3 Å². The second-order valence-electron chi connectivity index (χ2n) is 6.01. The lowest BCUT2D eigenvalue weighted by atomic mass is 9.93. The lowest BCUT2D eigenvalue weighted by Crippen LogP contribution is -2.23. The van der Waals surface area contributed by atoms with E-state index >= 15 is 0 Å². The summed E-state index contributed by atoms with van der Waals surface area (Å²) in [4.78, 5) is 0. The fourth-order valence-electron chi connectivity index (χ4n) is 3.30. The predicted octanol–water partition coefficient (Wildman–Crippen LogP) is 4.67. The second kappa shape index (κ2) is 10.1. The maximum atomic E-state index is 9.75. The smallest absolute Gasteiger partial charge is 0.149 e. The van der Waals surface area contributed by atoms with Crippen LogP contribution >= 0.6 is 0 Å². The number of benzene rings is 1. The third-order valence-corrected chi connectivity index (χ3v) is 4.50. The summed E-state index contributed by atoms with van der Waals surface area (Å²) in [6.45, 7) is 10.6. The van der Waals surface area contributed by atoms with E-state index in [-0.39, 0.29) is 6.23 Å². The molecule has 1 aromatic heterocycles. The molecule has 26 heavy (non-hydrogen) atoms. The zero-order valence-electron chi connectivity index (χ0n) is 16.4. The van der Waals surface area contributed by atoms with Crippen LogP contribution in [0.25, 0.3) is 16.5 Å². The Morgan fingerprint density at radius 2 is 2.04 bits per heavy atom. The molecule has 1 atom stereocenters. The zero-order chi connectivity index (χ0) is 18.9. The van der Waals surface area contributed by atoms with Gasteiger partial charge in [-0.1, -0.05) is 39.0 Å². The number of aromatic nitrogens is 2. The van der Waals surface area contributed by atoms with Crippen LogP contribution in [0, 0.1) is 11.3 Å². The highest BCUT2D eigenvalue weighted by molar-refractivity contribution is 5.95. The molecule has 0 spiro atoms. The average Bonchev–Trinajstić information content (AvgIpc) is 3.14. The van der Waals surface area contributed by atoms with E-state index < -0.39 is 0 Å². The Morgan fingerprint density at radius 3 is 2.65 bits per heavy atom. The van der Waals surface area contributed by atoms with E-state index in [4.69, 9.17) is 9.84 Å². The Morgan fingerprint density at radius 1 is 1.31 bits per heavy atom. The molecule has 140 valence electrons. The first kappa shape index (κ1) is 20.2. The normalized spacial score (nSPS) is 15.1. The molecule has 1 fully saturated rings. The molecule has 3 rings (SSSR count). The Labute approximate surface area is 156 Å². The Bertz CT molecular complexity index is 777. The van der Waals surface area contributed by atoms with Crippen molar-refractivity contribution in [1.82, 2.24) is 15.1 Å². The van der Waals surface area contributed by atoms with Crippen LogP contribution in [0.5, 0.6) is 0 Å². The fourth-order valence-corrected chi connectivity index (χ4v) is 3.30. The summed E-state index contributed by atoms with van der Waals surface area (Å²) in [5.74, 6) is 0. The number of hydrogen-bond acceptors (Lipinski definition) is 4. The lowest BCUT2D eigenvalue weighted by molar-refractivity contribution is -0.000559. The van der Waals surface area contributed by atoms with Crippen LogP contribution in [0.1, 0.15) is 58.7 Å². The molecule has 1 aliphatic heterocycles. The Kier molecular flexibility index (Phi) is 7.83. The van der Waals surface area contributed by atoms with Crippen molar-refractivity contribution in [2.45, 2.75) is 53.2 Å². The lowest BCUT2D eigenvalue weighted by Gasteiger charge is -2.17. The summed E-state index contributed by atoms with van der Waals surface area (Å²) in [5.41, 5.74) is 3.85. The molecule has 1 saturated heterocycles. The molecule has 2 heterocycles. The van der Waals surface area contributed by atoms with Gasteiger partial charge in [-0.3, -0.25) is 0 Å². The summed E-state index contributed by atoms with van der Waals surface area (Å²) in [6, 6.07) is 8.49. The van der Waals surface area contributed by atoms with Crippen molar-refractivity contribution >= 4 is 16.5 Å². The van der Waals surface area contributed by atoms with Gasteiger partial charge in [0, 0.05) is 23.8 Å². The highest BCUT2D eigenvalue weighted by atomic mass is 16.5. The number of hydrogen-bond donors (Lipinski definition) is 1. The van der Waals surface area contributed by atoms with Crippen LogP contribution in [0.3, 0.4) is 0 Å². The summed E-state index contributed by atoms with van der Waals surface area (Å²) in [6.07, 6.45) is 4.67. The van der Waals surface area contributed by atoms with Crippen molar-refractivity contribution in [2.75, 3.05) is 19.7 Å². The molecule has 1 unspecified atom stereocenters. The van der Waals surface area contributed by atoms with E-state index in [9.17, 15) is 5.26 Å². The van der Waals surface area contributed by atoms with Gasteiger partial charge in [-0.15, -0.1) is 0 Å². The van der Waals surface area contributed by atoms with E-state index in [0.717, 1.165) is 54.4 Å². The van der Waals surface area contributed by atoms with Gasteiger partial charge in [0.05, 0.1) is 11.6 Å². The third-order valence-electron chi connectivity index (χ3n) is 4.50. The Balaban J connectivity index is 0.00000117. The summed E-state index contributed by atoms with van der Waals surface area (Å²) < 4.78 is 7.65. The minimum Gasteiger partial charge on any atom is -0.357 e. The van der Waals surface area contributed by atoms with Crippen molar-refractivity contribution in [3.63, 3.8) is 0 Å². The molecule has 5 nitrogen and oxygen atoms in total. The molecule has 0 aliphatic carbocycles. The standard InChI is InChI=1S/C19H24N4O.C2H6/c1-3-18(24-4-2)23-13-15-6-5-7-16(19(15)22-23)17(12-20)14-8-10-21-11-9-14;1-2/h5-7,13,18,21H,3-4,8-11H2,1-2H3;1-2H3. The molecule has 1 aliphatic rings. The molecular formula is C21H30N4O. The number of nitrogens with zero attached hydrogens (tertiary/aromatic N) is 3. The highest BCUT2D eigenvalue weighted by Gasteiger charge is 2.18. The number of nitriles is 1. The molecule has 1 N–H and O–H groups in total. The average molecular weight is 354 g/mol. The van der Waals surface area contributed by atoms with Crippen molar-refractivity contribution < 1.29 is 4.74 Å². The van der Waals surface area contributed by atoms with Crippen molar-refractivity contribution in [1.29, 1.82) is 5.26 Å². The quantitative estimate of drug-likeness (QED) is 0.793. The van der Waals surface area contributed by atoms with Gasteiger partial charge in [0.2, 0.25) is 0 Å². The van der Waals surface area contributed by atoms with Crippen molar-refractivity contribution in [2.24, 2.45) is 0 Å². The predicted molar refractivity (Wildman–Crippen MR) is 107 cm³/mol. The molecule has 1 aromatic carbocycles. The van der Waals surface area contributed by atoms with E-state index in [1.54, 1.807) is 0 Å². The maximum Gasteiger partial charge on any atom is 0.149 e. The maximum absolute atomic E-state index is 9.75. The molecular weight excluding hydrogens is 324 g/mol. The van der Waals surface area contributed by atoms with Crippen LogP contribution in [0.4, 0.5) is 0 Å². The third kappa shape index (κ3) is 4.32. The van der Waals surface area contributed by atoms with Gasteiger partial charge < -0.3 is 10.1 Å². The molecule has 2 aromatic rings. The van der Waals surface area contributed by atoms with E-state index in [1.807, 2.05) is 49.8 Å². The second-order valence-corrected chi connectivity index (χ2v) is 6.01. The van der Waals surface area contributed by atoms with Gasteiger partial charge in [0.1, 0.15) is 11.7 Å². The van der Waals surface area contributed by atoms with Crippen LogP contribution in [0.2, 0.25) is 0 Å². The monoisotopic (exact) mass is 354 g/mol. The van der Waals surface area contributed by atoms with Crippen LogP contribution in [0.15, 0.2) is 30.0 Å². The van der Waals surface area contributed by atoms with Gasteiger partial charge in [-0.05, 0) is 44.8 Å². The zero-order valence-corrected chi connectivity index (χ0v) is 16.4. The van der Waals surface area contributed by atoms with Gasteiger partial charge in [0.25, 0.3) is 0 Å². The highest BCUT2D eigenvalue weighted by Crippen LogP contribution is 2.30. The molecule has 5 heteroatoms. The Hall–Kier alpha value is -2.16. The molecule has 0 amide bonds. The first-order valence-electron chi connectivity index (χ1n) is 9.71. The largest absolute Gasteiger partial charge is 0.357 e. The number of allylic oxidation sites excluding steroid dienone is 1. The van der Waals surface area contributed by atoms with Crippen LogP contribution in [-0.2, 0) is 4.74 Å². The number of ether oxygens (including phenoxy) is 1. The fraction of sp³-hybridized carbons (Fsp3) is 0.524. The van der Waals surface area contributed by atoms with E-state index in [0.29, 0.717) is 6.61 Å². The summed E-state index contributed by atoms with van der Waals surface area (Å²) >= 11 is 0. The summed E-state index contributed by atoms with van der Waals surface area (Å²) in [5, 5.41) is 18.9. The number of fused-ring (bicyclic) bond motifs is 1. The minimum absolute atomic E-state index is 0.0627. The van der Waals surface area contributed by atoms with E-state index in [1.165, 1.54) is 5.57 Å². The van der Waals surface area contributed by atoms with Crippen LogP contribution < -0.4 is 5.32 Å². The SMILES string of the molecule is CC.CCOC(CC)n1cc2cccc(C(C#N)=C3CCNCC3)c2n1. The number of nitrogens with one attached hydrogen (secondary N) is 1. The minimum atomic E-state index is -0.0627. The molecule has 0 bridgehead atoms. The molecule has 0 radical (unpaired) electrons. The topological polar surface area (TPSA) is 62.9 Å².